The number of hydrogen-bond acceptors (Lipinski definition) is 5. The topological polar surface area (TPSA) is 85.8 Å². The van der Waals surface area contributed by atoms with Gasteiger partial charge in [-0.2, -0.15) is 15.0 Å². The van der Waals surface area contributed by atoms with Gasteiger partial charge < -0.3 is 9.84 Å². The Hall–Kier alpha value is -3.74. The third-order valence-corrected chi connectivity index (χ3v) is 4.25. The van der Waals surface area contributed by atoms with Crippen molar-refractivity contribution < 1.29 is 9.32 Å². The van der Waals surface area contributed by atoms with Gasteiger partial charge in [0.05, 0.1) is 24.1 Å². The quantitative estimate of drug-likeness (QED) is 0.538. The van der Waals surface area contributed by atoms with E-state index in [9.17, 15) is 4.79 Å². The smallest absolute Gasteiger partial charge is 0.290 e. The number of amides is 1. The van der Waals surface area contributed by atoms with Gasteiger partial charge in [0.2, 0.25) is 5.76 Å². The van der Waals surface area contributed by atoms with E-state index in [1.165, 1.54) is 10.4 Å². The first-order chi connectivity index (χ1) is 13.8. The largest absolute Gasteiger partial charge is 0.351 e. The van der Waals surface area contributed by atoms with Gasteiger partial charge in [0.15, 0.2) is 0 Å². The van der Waals surface area contributed by atoms with Crippen molar-refractivity contribution in [3.63, 3.8) is 0 Å². The first kappa shape index (κ1) is 17.7. The molecular weight excluding hydrogens is 354 g/mol. The summed E-state index contributed by atoms with van der Waals surface area (Å²) in [6.07, 6.45) is 3.18. The van der Waals surface area contributed by atoms with Crippen molar-refractivity contribution in [2.45, 2.75) is 19.4 Å². The number of carbonyl (C=O) groups excluding carboxylic acids is 1. The molecule has 0 atom stereocenters. The molecule has 2 aromatic carbocycles. The summed E-state index contributed by atoms with van der Waals surface area (Å²) >= 11 is 0. The SMILES string of the molecule is O=C(NCc1cnn(-c2ccccc2)n1)c1cc(CCc2ccccc2)no1. The summed E-state index contributed by atoms with van der Waals surface area (Å²) in [5.41, 5.74) is 3.49. The number of hydrogen-bond donors (Lipinski definition) is 1. The zero-order valence-electron chi connectivity index (χ0n) is 15.2. The third-order valence-electron chi connectivity index (χ3n) is 4.25. The maximum Gasteiger partial charge on any atom is 0.290 e. The number of benzene rings is 2. The fourth-order valence-corrected chi connectivity index (χ4v) is 2.77. The molecule has 0 aliphatic carbocycles. The van der Waals surface area contributed by atoms with Gasteiger partial charge in [-0.05, 0) is 30.5 Å². The maximum atomic E-state index is 12.3. The van der Waals surface area contributed by atoms with E-state index in [2.05, 4.69) is 32.8 Å². The van der Waals surface area contributed by atoms with E-state index < -0.39 is 0 Å². The highest BCUT2D eigenvalue weighted by molar-refractivity contribution is 5.91. The van der Waals surface area contributed by atoms with E-state index in [1.807, 2.05) is 48.5 Å². The van der Waals surface area contributed by atoms with E-state index >= 15 is 0 Å². The van der Waals surface area contributed by atoms with Crippen LogP contribution in [0.5, 0.6) is 0 Å². The van der Waals surface area contributed by atoms with Gasteiger partial charge in [-0.15, -0.1) is 0 Å². The Morgan fingerprint density at radius 3 is 2.50 bits per heavy atom. The Balaban J connectivity index is 1.31. The van der Waals surface area contributed by atoms with Gasteiger partial charge in [-0.3, -0.25) is 4.79 Å². The molecule has 0 aliphatic rings. The lowest BCUT2D eigenvalue weighted by molar-refractivity contribution is 0.0913. The minimum absolute atomic E-state index is 0.193. The number of nitrogens with zero attached hydrogens (tertiary/aromatic N) is 4. The first-order valence-corrected chi connectivity index (χ1v) is 9.02. The standard InChI is InChI=1S/C21H19N5O2/c27-21(20-13-17(25-28-20)12-11-16-7-3-1-4-8-16)22-14-18-15-23-26(24-18)19-9-5-2-6-10-19/h1-10,13,15H,11-12,14H2,(H,22,27). The molecule has 0 saturated heterocycles. The summed E-state index contributed by atoms with van der Waals surface area (Å²) in [4.78, 5) is 13.8. The molecule has 1 amide bonds. The zero-order valence-corrected chi connectivity index (χ0v) is 15.2. The fourth-order valence-electron chi connectivity index (χ4n) is 2.77. The number of para-hydroxylation sites is 1. The van der Waals surface area contributed by atoms with Crippen LogP contribution >= 0.6 is 0 Å². The van der Waals surface area contributed by atoms with E-state index in [-0.39, 0.29) is 18.2 Å². The van der Waals surface area contributed by atoms with Crippen molar-refractivity contribution in [1.82, 2.24) is 25.5 Å². The molecule has 7 heteroatoms. The lowest BCUT2D eigenvalue weighted by Gasteiger charge is -1.99. The van der Waals surface area contributed by atoms with Crippen molar-refractivity contribution in [1.29, 1.82) is 0 Å². The van der Waals surface area contributed by atoms with Gasteiger partial charge in [0.1, 0.15) is 5.69 Å². The molecular formula is C21H19N5O2. The van der Waals surface area contributed by atoms with Gasteiger partial charge in [0.25, 0.3) is 5.91 Å². The molecule has 0 saturated carbocycles. The highest BCUT2D eigenvalue weighted by Gasteiger charge is 2.13. The van der Waals surface area contributed by atoms with Crippen LogP contribution in [-0.4, -0.2) is 26.1 Å². The van der Waals surface area contributed by atoms with Crippen LogP contribution in [0.4, 0.5) is 0 Å². The molecule has 0 bridgehead atoms. The van der Waals surface area contributed by atoms with E-state index in [0.717, 1.165) is 17.8 Å². The van der Waals surface area contributed by atoms with Crippen molar-refractivity contribution in [2.24, 2.45) is 0 Å². The predicted molar refractivity (Wildman–Crippen MR) is 103 cm³/mol. The van der Waals surface area contributed by atoms with Crippen LogP contribution < -0.4 is 5.32 Å². The van der Waals surface area contributed by atoms with Gasteiger partial charge in [-0.1, -0.05) is 53.7 Å². The summed E-state index contributed by atoms with van der Waals surface area (Å²) in [6.45, 7) is 0.256. The minimum Gasteiger partial charge on any atom is -0.351 e. The summed E-state index contributed by atoms with van der Waals surface area (Å²) < 4.78 is 5.17. The Kier molecular flexibility index (Phi) is 5.24. The highest BCUT2D eigenvalue weighted by Crippen LogP contribution is 2.09. The van der Waals surface area contributed by atoms with Crippen LogP contribution in [0, 0.1) is 0 Å². The van der Waals surface area contributed by atoms with Crippen molar-refractivity contribution in [2.75, 3.05) is 0 Å². The second-order valence-corrected chi connectivity index (χ2v) is 6.31. The lowest BCUT2D eigenvalue weighted by Crippen LogP contribution is -2.22. The molecule has 28 heavy (non-hydrogen) atoms. The number of aromatic nitrogens is 4. The molecule has 0 fully saturated rings. The number of rotatable bonds is 7. The van der Waals surface area contributed by atoms with E-state index in [0.29, 0.717) is 12.1 Å². The summed E-state index contributed by atoms with van der Waals surface area (Å²) in [5.74, 6) is -0.133. The van der Waals surface area contributed by atoms with Crippen LogP contribution in [-0.2, 0) is 19.4 Å². The fraction of sp³-hybridized carbons (Fsp3) is 0.143. The number of carbonyl (C=O) groups is 1. The van der Waals surface area contributed by atoms with Crippen LogP contribution in [0.25, 0.3) is 5.69 Å². The number of aryl methyl sites for hydroxylation is 2. The average molecular weight is 373 g/mol. The Labute approximate surface area is 162 Å². The average Bonchev–Trinajstić information content (AvgIpc) is 3.42. The summed E-state index contributed by atoms with van der Waals surface area (Å²) in [7, 11) is 0. The lowest BCUT2D eigenvalue weighted by atomic mass is 10.1. The van der Waals surface area contributed by atoms with Crippen LogP contribution in [0.3, 0.4) is 0 Å². The molecule has 4 aromatic rings. The molecule has 7 nitrogen and oxygen atoms in total. The minimum atomic E-state index is -0.326. The third kappa shape index (κ3) is 4.32. The second kappa shape index (κ2) is 8.30. The van der Waals surface area contributed by atoms with Gasteiger partial charge in [-0.25, -0.2) is 0 Å². The van der Waals surface area contributed by atoms with Crippen molar-refractivity contribution in [3.8, 4) is 5.69 Å². The molecule has 0 aliphatic heterocycles. The predicted octanol–water partition coefficient (Wildman–Crippen LogP) is 2.97. The molecule has 0 spiro atoms. The van der Waals surface area contributed by atoms with Gasteiger partial charge in [0, 0.05) is 6.07 Å². The Morgan fingerprint density at radius 1 is 0.964 bits per heavy atom. The van der Waals surface area contributed by atoms with E-state index in [4.69, 9.17) is 4.52 Å². The first-order valence-electron chi connectivity index (χ1n) is 9.02. The van der Waals surface area contributed by atoms with Crippen molar-refractivity contribution in [3.05, 3.63) is 95.6 Å². The van der Waals surface area contributed by atoms with Crippen LogP contribution in [0.2, 0.25) is 0 Å². The number of nitrogens with one attached hydrogen (secondary N) is 1. The van der Waals surface area contributed by atoms with Crippen LogP contribution in [0.1, 0.15) is 27.5 Å². The van der Waals surface area contributed by atoms with E-state index in [1.54, 1.807) is 12.3 Å². The summed E-state index contributed by atoms with van der Waals surface area (Å²) in [6, 6.07) is 21.4. The monoisotopic (exact) mass is 373 g/mol. The molecule has 4 rings (SSSR count). The second-order valence-electron chi connectivity index (χ2n) is 6.31. The molecule has 2 heterocycles. The molecule has 0 unspecified atom stereocenters. The molecule has 1 N–H and O–H groups in total. The Morgan fingerprint density at radius 2 is 1.71 bits per heavy atom. The van der Waals surface area contributed by atoms with Gasteiger partial charge >= 0.3 is 0 Å². The Bertz CT molecular complexity index is 1040. The summed E-state index contributed by atoms with van der Waals surface area (Å²) in [5, 5.41) is 15.3. The normalized spacial score (nSPS) is 10.7. The highest BCUT2D eigenvalue weighted by atomic mass is 16.5. The molecule has 140 valence electrons. The van der Waals surface area contributed by atoms with Crippen molar-refractivity contribution >= 4 is 5.91 Å². The zero-order chi connectivity index (χ0) is 19.2. The maximum absolute atomic E-state index is 12.3. The molecule has 0 radical (unpaired) electrons. The van der Waals surface area contributed by atoms with Crippen LogP contribution in [0.15, 0.2) is 77.4 Å². The molecule has 2 aromatic heterocycles.